The Balaban J connectivity index is 1.99. The van der Waals surface area contributed by atoms with Crippen molar-refractivity contribution in [2.45, 2.75) is 13.3 Å². The normalized spacial score (nSPS) is 10.2. The number of hydrogen-bond acceptors (Lipinski definition) is 6. The molecule has 2 rings (SSSR count). The summed E-state index contributed by atoms with van der Waals surface area (Å²) in [6.07, 6.45) is 2.52. The Morgan fingerprint density at radius 2 is 2.26 bits per heavy atom. The number of carbonyl (C=O) groups is 1. The van der Waals surface area contributed by atoms with Crippen molar-refractivity contribution in [1.29, 1.82) is 0 Å². The summed E-state index contributed by atoms with van der Waals surface area (Å²) in [7, 11) is 1.62. The second-order valence-electron chi connectivity index (χ2n) is 3.92. The lowest BCUT2D eigenvalue weighted by atomic mass is 10.2. The molecule has 0 aliphatic heterocycles. The number of rotatable bonds is 5. The molecule has 0 aromatic carbocycles. The first-order chi connectivity index (χ1) is 9.19. The highest BCUT2D eigenvalue weighted by Crippen LogP contribution is 2.06. The van der Waals surface area contributed by atoms with Gasteiger partial charge in [-0.25, -0.2) is 4.98 Å². The first-order valence-corrected chi connectivity index (χ1v) is 5.94. The zero-order chi connectivity index (χ0) is 13.7. The third kappa shape index (κ3) is 3.47. The Bertz CT molecular complexity index is 548. The van der Waals surface area contributed by atoms with Gasteiger partial charge < -0.3 is 5.32 Å². The van der Waals surface area contributed by atoms with Gasteiger partial charge in [0.2, 0.25) is 0 Å². The molecule has 0 aliphatic carbocycles. The van der Waals surface area contributed by atoms with E-state index in [0.717, 1.165) is 18.8 Å². The van der Waals surface area contributed by atoms with Gasteiger partial charge in [0.1, 0.15) is 5.82 Å². The predicted octanol–water partition coefficient (Wildman–Crippen LogP) is 0.679. The second kappa shape index (κ2) is 5.89. The third-order valence-electron chi connectivity index (χ3n) is 2.32. The van der Waals surface area contributed by atoms with Crippen LogP contribution in [-0.2, 0) is 7.05 Å². The van der Waals surface area contributed by atoms with Gasteiger partial charge in [-0.1, -0.05) is 12.0 Å². The molecule has 0 saturated heterocycles. The zero-order valence-electron chi connectivity index (χ0n) is 10.8. The summed E-state index contributed by atoms with van der Waals surface area (Å²) >= 11 is 0. The molecule has 19 heavy (non-hydrogen) atoms. The Morgan fingerprint density at radius 1 is 1.42 bits per heavy atom. The van der Waals surface area contributed by atoms with Crippen LogP contribution in [0.4, 0.5) is 11.8 Å². The van der Waals surface area contributed by atoms with Crippen LogP contribution in [0.1, 0.15) is 23.7 Å². The molecule has 0 atom stereocenters. The molecule has 100 valence electrons. The summed E-state index contributed by atoms with van der Waals surface area (Å²) < 4.78 is 0. The molecular weight excluding hydrogens is 246 g/mol. The zero-order valence-corrected chi connectivity index (χ0v) is 10.8. The molecule has 8 heteroatoms. The van der Waals surface area contributed by atoms with E-state index < -0.39 is 0 Å². The quantitative estimate of drug-likeness (QED) is 0.821. The van der Waals surface area contributed by atoms with Gasteiger partial charge in [-0.05, 0) is 23.8 Å². The molecule has 0 saturated carbocycles. The van der Waals surface area contributed by atoms with E-state index in [9.17, 15) is 4.79 Å². The van der Waals surface area contributed by atoms with E-state index in [1.165, 1.54) is 11.0 Å². The van der Waals surface area contributed by atoms with Crippen molar-refractivity contribution in [3.63, 3.8) is 0 Å². The van der Waals surface area contributed by atoms with Crippen LogP contribution < -0.4 is 10.6 Å². The Hall–Kier alpha value is -2.51. The van der Waals surface area contributed by atoms with Gasteiger partial charge in [0.25, 0.3) is 11.9 Å². The highest BCUT2D eigenvalue weighted by atomic mass is 16.1. The molecule has 2 aromatic heterocycles. The summed E-state index contributed by atoms with van der Waals surface area (Å²) in [5, 5.41) is 16.8. The number of carbonyl (C=O) groups excluding carboxylic acids is 1. The van der Waals surface area contributed by atoms with Gasteiger partial charge in [-0.2, -0.15) is 4.80 Å². The number of hydrogen-bond donors (Lipinski definition) is 2. The molecule has 8 nitrogen and oxygen atoms in total. The van der Waals surface area contributed by atoms with Crippen LogP contribution in [0, 0.1) is 0 Å². The van der Waals surface area contributed by atoms with Crippen molar-refractivity contribution in [3.05, 3.63) is 23.9 Å². The van der Waals surface area contributed by atoms with Gasteiger partial charge in [-0.15, -0.1) is 5.10 Å². The number of amides is 1. The number of aryl methyl sites for hydroxylation is 1. The first-order valence-electron chi connectivity index (χ1n) is 5.94. The monoisotopic (exact) mass is 261 g/mol. The van der Waals surface area contributed by atoms with E-state index in [1.54, 1.807) is 19.2 Å². The van der Waals surface area contributed by atoms with E-state index in [-0.39, 0.29) is 11.9 Å². The number of nitrogens with one attached hydrogen (secondary N) is 2. The topological polar surface area (TPSA) is 97.6 Å². The number of nitrogens with zero attached hydrogens (tertiary/aromatic N) is 5. The van der Waals surface area contributed by atoms with Gasteiger partial charge >= 0.3 is 0 Å². The molecule has 0 radical (unpaired) electrons. The van der Waals surface area contributed by atoms with Crippen LogP contribution in [0.25, 0.3) is 0 Å². The molecule has 0 fully saturated rings. The summed E-state index contributed by atoms with van der Waals surface area (Å²) in [6, 6.07) is 3.45. The maximum absolute atomic E-state index is 11.9. The maximum atomic E-state index is 11.9. The summed E-state index contributed by atoms with van der Waals surface area (Å²) in [5.74, 6) is 0.597. The summed E-state index contributed by atoms with van der Waals surface area (Å²) in [6.45, 7) is 2.92. The van der Waals surface area contributed by atoms with Crippen molar-refractivity contribution in [2.75, 3.05) is 17.2 Å². The summed E-state index contributed by atoms with van der Waals surface area (Å²) in [5.41, 5.74) is 0.439. The third-order valence-corrected chi connectivity index (χ3v) is 2.32. The van der Waals surface area contributed by atoms with Crippen LogP contribution in [0.3, 0.4) is 0 Å². The lowest BCUT2D eigenvalue weighted by molar-refractivity contribution is 0.102. The highest BCUT2D eigenvalue weighted by molar-refractivity contribution is 6.03. The minimum absolute atomic E-state index is 0.167. The van der Waals surface area contributed by atoms with Gasteiger partial charge in [0.15, 0.2) is 0 Å². The number of aromatic nitrogens is 5. The Kier molecular flexibility index (Phi) is 4.01. The van der Waals surface area contributed by atoms with Crippen LogP contribution >= 0.6 is 0 Å². The van der Waals surface area contributed by atoms with Crippen LogP contribution in [-0.4, -0.2) is 37.6 Å². The fourth-order valence-electron chi connectivity index (χ4n) is 1.39. The van der Waals surface area contributed by atoms with Gasteiger partial charge in [0, 0.05) is 12.7 Å². The molecule has 0 spiro atoms. The molecule has 2 heterocycles. The first kappa shape index (κ1) is 12.9. The van der Waals surface area contributed by atoms with Gasteiger partial charge in [-0.3, -0.25) is 10.1 Å². The average molecular weight is 261 g/mol. The van der Waals surface area contributed by atoms with Crippen molar-refractivity contribution in [1.82, 2.24) is 25.2 Å². The predicted molar refractivity (Wildman–Crippen MR) is 69.8 cm³/mol. The number of tetrazole rings is 1. The minimum atomic E-state index is -0.317. The molecule has 2 N–H and O–H groups in total. The van der Waals surface area contributed by atoms with Gasteiger partial charge in [0.05, 0.1) is 12.6 Å². The van der Waals surface area contributed by atoms with Crippen molar-refractivity contribution < 1.29 is 4.79 Å². The Labute approximate surface area is 110 Å². The average Bonchev–Trinajstić information content (AvgIpc) is 2.82. The fourth-order valence-corrected chi connectivity index (χ4v) is 1.39. The van der Waals surface area contributed by atoms with E-state index >= 15 is 0 Å². The van der Waals surface area contributed by atoms with Crippen molar-refractivity contribution in [2.24, 2.45) is 7.05 Å². The van der Waals surface area contributed by atoms with Crippen LogP contribution in [0.2, 0.25) is 0 Å². The van der Waals surface area contributed by atoms with Crippen molar-refractivity contribution >= 4 is 17.7 Å². The van der Waals surface area contributed by atoms with E-state index in [0.29, 0.717) is 5.56 Å². The van der Waals surface area contributed by atoms with Crippen LogP contribution in [0.5, 0.6) is 0 Å². The van der Waals surface area contributed by atoms with E-state index in [1.807, 2.05) is 0 Å². The fraction of sp³-hybridized carbons (Fsp3) is 0.364. The number of anilines is 2. The second-order valence-corrected chi connectivity index (χ2v) is 3.92. The van der Waals surface area contributed by atoms with E-state index in [4.69, 9.17) is 0 Å². The summed E-state index contributed by atoms with van der Waals surface area (Å²) in [4.78, 5) is 17.3. The molecule has 0 bridgehead atoms. The molecule has 1 amide bonds. The molecule has 2 aromatic rings. The van der Waals surface area contributed by atoms with Crippen LogP contribution in [0.15, 0.2) is 18.3 Å². The number of pyridine rings is 1. The maximum Gasteiger partial charge on any atom is 0.270 e. The molecule has 0 aliphatic rings. The van der Waals surface area contributed by atoms with Crippen molar-refractivity contribution in [3.8, 4) is 0 Å². The molecule has 0 unspecified atom stereocenters. The molecular formula is C11H15N7O. The standard InChI is InChI=1S/C11H15N7O/c1-3-6-12-9-5-4-8(7-13-9)10(19)14-11-15-17-18(2)16-11/h4-5,7H,3,6H2,1-2H3,(H,12,13)(H,14,16,19). The lowest BCUT2D eigenvalue weighted by Gasteiger charge is -2.04. The largest absolute Gasteiger partial charge is 0.370 e. The Morgan fingerprint density at radius 3 is 2.84 bits per heavy atom. The SMILES string of the molecule is CCCNc1ccc(C(=O)Nc2nnn(C)n2)cn1. The highest BCUT2D eigenvalue weighted by Gasteiger charge is 2.09. The minimum Gasteiger partial charge on any atom is -0.370 e. The smallest absolute Gasteiger partial charge is 0.270 e. The van der Waals surface area contributed by atoms with E-state index in [2.05, 4.69) is 38.0 Å². The lowest BCUT2D eigenvalue weighted by Crippen LogP contribution is -2.14.